The molecule has 3 aromatic rings. The van der Waals surface area contributed by atoms with Crippen molar-refractivity contribution in [1.29, 1.82) is 0 Å². The fraction of sp³-hybridized carbons (Fsp3) is 0.269. The summed E-state index contributed by atoms with van der Waals surface area (Å²) in [5.74, 6) is -0.205. The topological polar surface area (TPSA) is 78.8 Å². The molecule has 0 amide bonds. The highest BCUT2D eigenvalue weighted by Crippen LogP contribution is 2.32. The van der Waals surface area contributed by atoms with Crippen molar-refractivity contribution in [3.63, 3.8) is 0 Å². The maximum absolute atomic E-state index is 10.7. The van der Waals surface area contributed by atoms with Gasteiger partial charge in [-0.2, -0.15) is 0 Å². The van der Waals surface area contributed by atoms with Gasteiger partial charge in [-0.05, 0) is 84.8 Å². The zero-order chi connectivity index (χ0) is 23.2. The number of carboxylic acid groups (broad SMARTS) is 1. The predicted octanol–water partition coefficient (Wildman–Crippen LogP) is 5.86. The Morgan fingerprint density at radius 3 is 2.91 bits per heavy atom. The van der Waals surface area contributed by atoms with Crippen molar-refractivity contribution in [3.8, 4) is 10.8 Å². The van der Waals surface area contributed by atoms with Gasteiger partial charge in [-0.15, -0.1) is 0 Å². The van der Waals surface area contributed by atoms with Gasteiger partial charge in [0.1, 0.15) is 5.75 Å². The molecule has 0 spiro atoms. The summed E-state index contributed by atoms with van der Waals surface area (Å²) in [5, 5.41) is 24.2. The Bertz CT molecular complexity index is 1140. The standard InChI is InChI=1S/C26H26ClNO4S/c27-20-5-1-4-18(13-20)24(29)16-28-21-6-2-3-17-7-8-22(15-19(17)14-21)32-26-12-10-23(33-26)9-11-25(30)31/h1,4-5,7-13,15,21,24,28-29H,2-3,6,14,16H2,(H,30,31)/t21-,24-/m0/s1. The summed E-state index contributed by atoms with van der Waals surface area (Å²) >= 11 is 7.45. The number of benzene rings is 2. The summed E-state index contributed by atoms with van der Waals surface area (Å²) in [6.07, 6.45) is 6.09. The van der Waals surface area contributed by atoms with Gasteiger partial charge in [0.05, 0.1) is 6.10 Å². The van der Waals surface area contributed by atoms with E-state index in [2.05, 4.69) is 17.4 Å². The normalized spacial score (nSPS) is 16.8. The van der Waals surface area contributed by atoms with Crippen LogP contribution in [-0.2, 0) is 17.6 Å². The Balaban J connectivity index is 1.39. The van der Waals surface area contributed by atoms with Gasteiger partial charge in [0.25, 0.3) is 0 Å². The number of nitrogens with one attached hydrogen (secondary N) is 1. The number of rotatable bonds is 8. The van der Waals surface area contributed by atoms with Gasteiger partial charge in [0, 0.05) is 28.6 Å². The lowest BCUT2D eigenvalue weighted by Gasteiger charge is -2.20. The van der Waals surface area contributed by atoms with Gasteiger partial charge in [0.2, 0.25) is 0 Å². The van der Waals surface area contributed by atoms with E-state index in [1.54, 1.807) is 18.2 Å². The maximum Gasteiger partial charge on any atom is 0.328 e. The van der Waals surface area contributed by atoms with E-state index in [-0.39, 0.29) is 6.04 Å². The maximum atomic E-state index is 10.7. The monoisotopic (exact) mass is 483 g/mol. The second-order valence-electron chi connectivity index (χ2n) is 8.13. The first-order valence-electron chi connectivity index (χ1n) is 10.9. The first-order chi connectivity index (χ1) is 16.0. The molecule has 0 unspecified atom stereocenters. The van der Waals surface area contributed by atoms with Gasteiger partial charge in [-0.3, -0.25) is 0 Å². The van der Waals surface area contributed by atoms with E-state index in [1.165, 1.54) is 22.5 Å². The summed E-state index contributed by atoms with van der Waals surface area (Å²) in [6.45, 7) is 0.471. The minimum Gasteiger partial charge on any atom is -0.478 e. The number of hydrogen-bond donors (Lipinski definition) is 3. The average molecular weight is 484 g/mol. The fourth-order valence-corrected chi connectivity index (χ4v) is 5.02. The molecule has 1 heterocycles. The lowest BCUT2D eigenvalue weighted by molar-refractivity contribution is -0.131. The van der Waals surface area contributed by atoms with Crippen molar-refractivity contribution in [2.75, 3.05) is 6.54 Å². The Morgan fingerprint density at radius 1 is 1.21 bits per heavy atom. The third-order valence-electron chi connectivity index (χ3n) is 5.69. The van der Waals surface area contributed by atoms with Crippen molar-refractivity contribution in [2.45, 2.75) is 37.8 Å². The molecule has 0 radical (unpaired) electrons. The minimum absolute atomic E-state index is 0.268. The van der Waals surface area contributed by atoms with Crippen molar-refractivity contribution in [3.05, 3.63) is 87.3 Å². The van der Waals surface area contributed by atoms with Crippen LogP contribution in [-0.4, -0.2) is 28.8 Å². The van der Waals surface area contributed by atoms with Crippen LogP contribution in [0.5, 0.6) is 10.8 Å². The number of carbonyl (C=O) groups is 1. The van der Waals surface area contributed by atoms with E-state index < -0.39 is 12.1 Å². The smallest absolute Gasteiger partial charge is 0.328 e. The quantitative estimate of drug-likeness (QED) is 0.276. The molecular formula is C26H26ClNO4S. The molecule has 1 aliphatic rings. The molecule has 33 heavy (non-hydrogen) atoms. The Labute approximate surface area is 202 Å². The van der Waals surface area contributed by atoms with Gasteiger partial charge in [0.15, 0.2) is 5.06 Å². The number of aryl methyl sites for hydroxylation is 1. The molecule has 7 heteroatoms. The van der Waals surface area contributed by atoms with Gasteiger partial charge >= 0.3 is 5.97 Å². The Hall–Kier alpha value is -2.64. The molecule has 0 saturated carbocycles. The number of fused-ring (bicyclic) bond motifs is 1. The van der Waals surface area contributed by atoms with Crippen LogP contribution in [0, 0.1) is 0 Å². The summed E-state index contributed by atoms with van der Waals surface area (Å²) < 4.78 is 6.04. The van der Waals surface area contributed by atoms with Crippen LogP contribution in [0.1, 0.15) is 40.5 Å². The molecule has 0 saturated heterocycles. The van der Waals surface area contributed by atoms with Crippen molar-refractivity contribution >= 4 is 35.0 Å². The molecular weight excluding hydrogens is 458 g/mol. The third-order valence-corrected chi connectivity index (χ3v) is 6.85. The summed E-state index contributed by atoms with van der Waals surface area (Å²) in [6, 6.07) is 17.5. The zero-order valence-corrected chi connectivity index (χ0v) is 19.6. The van der Waals surface area contributed by atoms with Gasteiger partial charge in [-0.1, -0.05) is 41.1 Å². The second-order valence-corrected chi connectivity index (χ2v) is 9.65. The molecule has 2 atom stereocenters. The number of ether oxygens (including phenoxy) is 1. The summed E-state index contributed by atoms with van der Waals surface area (Å²) in [7, 11) is 0. The highest BCUT2D eigenvalue weighted by atomic mass is 35.5. The highest BCUT2D eigenvalue weighted by Gasteiger charge is 2.19. The van der Waals surface area contributed by atoms with Crippen LogP contribution in [0.25, 0.3) is 6.08 Å². The fourth-order valence-electron chi connectivity index (χ4n) is 4.04. The molecule has 4 rings (SSSR count). The number of carboxylic acids is 1. The molecule has 1 aromatic heterocycles. The van der Waals surface area contributed by atoms with Crippen LogP contribution in [0.2, 0.25) is 5.02 Å². The van der Waals surface area contributed by atoms with Crippen molar-refractivity contribution in [2.24, 2.45) is 0 Å². The number of halogens is 1. The van der Waals surface area contributed by atoms with E-state index in [9.17, 15) is 9.90 Å². The van der Waals surface area contributed by atoms with E-state index in [0.29, 0.717) is 16.6 Å². The number of aliphatic carboxylic acids is 1. The van der Waals surface area contributed by atoms with E-state index in [4.69, 9.17) is 21.4 Å². The van der Waals surface area contributed by atoms with Crippen LogP contribution < -0.4 is 10.1 Å². The number of aliphatic hydroxyl groups is 1. The van der Waals surface area contributed by atoms with E-state index in [1.807, 2.05) is 30.3 Å². The van der Waals surface area contributed by atoms with Crippen molar-refractivity contribution in [1.82, 2.24) is 5.32 Å². The SMILES string of the molecule is O=C(O)C=Cc1ccc(Oc2ccc3c(c2)C[C@@H](NC[C@H](O)c2cccc(Cl)c2)CCC3)s1. The van der Waals surface area contributed by atoms with E-state index >= 15 is 0 Å². The van der Waals surface area contributed by atoms with Crippen LogP contribution in [0.15, 0.2) is 60.7 Å². The van der Waals surface area contributed by atoms with Gasteiger partial charge < -0.3 is 20.3 Å². The number of aliphatic hydroxyl groups excluding tert-OH is 1. The Morgan fingerprint density at radius 2 is 2.09 bits per heavy atom. The largest absolute Gasteiger partial charge is 0.478 e. The van der Waals surface area contributed by atoms with Gasteiger partial charge in [-0.25, -0.2) is 4.79 Å². The lowest BCUT2D eigenvalue weighted by atomic mass is 10.0. The number of hydrogen-bond acceptors (Lipinski definition) is 5. The van der Waals surface area contributed by atoms with E-state index in [0.717, 1.165) is 47.9 Å². The molecule has 3 N–H and O–H groups in total. The van der Waals surface area contributed by atoms with Crippen LogP contribution in [0.4, 0.5) is 0 Å². The molecule has 2 aromatic carbocycles. The second kappa shape index (κ2) is 11.0. The molecule has 5 nitrogen and oxygen atoms in total. The minimum atomic E-state index is -0.972. The predicted molar refractivity (Wildman–Crippen MR) is 132 cm³/mol. The zero-order valence-electron chi connectivity index (χ0n) is 18.0. The Kier molecular flexibility index (Phi) is 7.83. The molecule has 0 fully saturated rings. The molecule has 0 bridgehead atoms. The van der Waals surface area contributed by atoms with Crippen LogP contribution >= 0.6 is 22.9 Å². The molecule has 0 aliphatic heterocycles. The number of thiophene rings is 1. The summed E-state index contributed by atoms with van der Waals surface area (Å²) in [5.41, 5.74) is 3.40. The van der Waals surface area contributed by atoms with Crippen molar-refractivity contribution < 1.29 is 19.7 Å². The first kappa shape index (κ1) is 23.5. The molecule has 172 valence electrons. The third kappa shape index (κ3) is 6.68. The van der Waals surface area contributed by atoms with Crippen LogP contribution in [0.3, 0.4) is 0 Å². The summed E-state index contributed by atoms with van der Waals surface area (Å²) in [4.78, 5) is 11.5. The molecule has 1 aliphatic carbocycles. The highest BCUT2D eigenvalue weighted by molar-refractivity contribution is 7.14. The average Bonchev–Trinajstić information content (AvgIpc) is 3.13. The lowest BCUT2D eigenvalue weighted by Crippen LogP contribution is -2.34. The first-order valence-corrected chi connectivity index (χ1v) is 12.1.